The summed E-state index contributed by atoms with van der Waals surface area (Å²) >= 11 is 1.88. The van der Waals surface area contributed by atoms with E-state index in [1.165, 1.54) is 86.2 Å². The minimum absolute atomic E-state index is 0.896. The molecule has 0 radical (unpaired) electrons. The van der Waals surface area contributed by atoms with Crippen molar-refractivity contribution in [1.29, 1.82) is 0 Å². The zero-order valence-corrected chi connectivity index (χ0v) is 39.4. The Kier molecular flexibility index (Phi) is 9.75. The topological polar surface area (TPSA) is 16.4 Å². The Hall–Kier alpha value is -9.02. The van der Waals surface area contributed by atoms with Crippen molar-refractivity contribution in [2.75, 3.05) is 4.90 Å². The Balaban J connectivity index is 0.911. The van der Waals surface area contributed by atoms with E-state index < -0.39 is 0 Å². The average Bonchev–Trinajstić information content (AvgIpc) is 4.03. The molecule has 2 nitrogen and oxygen atoms in total. The zero-order valence-electron chi connectivity index (χ0n) is 38.6. The molecule has 2 aromatic heterocycles. The Labute approximate surface area is 415 Å². The van der Waals surface area contributed by atoms with Gasteiger partial charge in [0.05, 0.1) is 5.69 Å². The molecule has 3 heteroatoms. The maximum Gasteiger partial charge on any atom is 0.136 e. The maximum atomic E-state index is 6.35. The minimum atomic E-state index is 0.896. The van der Waals surface area contributed by atoms with Crippen molar-refractivity contribution >= 4 is 92.1 Å². The summed E-state index contributed by atoms with van der Waals surface area (Å²) < 4.78 is 8.90. The molecule has 71 heavy (non-hydrogen) atoms. The Morgan fingerprint density at radius 3 is 1.49 bits per heavy atom. The number of anilines is 3. The molecular formula is C68H43NOS. The van der Waals surface area contributed by atoms with E-state index in [1.54, 1.807) is 0 Å². The zero-order chi connectivity index (χ0) is 46.8. The van der Waals surface area contributed by atoms with Crippen LogP contribution in [0.3, 0.4) is 0 Å². The predicted molar refractivity (Wildman–Crippen MR) is 303 cm³/mol. The van der Waals surface area contributed by atoms with Crippen molar-refractivity contribution in [3.63, 3.8) is 0 Å². The molecule has 14 rings (SSSR count). The molecule has 0 atom stereocenters. The number of hydrogen-bond donors (Lipinski definition) is 0. The standard InChI is InChI=1S/C68H43NOS/c1-3-18-52-46(14-1)16-11-24-53(52)48-32-30-44(31-33-48)45-34-38-50(39-35-45)69(62-43-42-59(57-25-12-17-47-15-2-4-19-54(47)57)68-67(62)61-23-8-10-29-65(61)71-68)51-40-36-49(37-41-51)55-20-5-6-21-56(55)58-26-13-28-64-66(58)60-22-7-9-27-63(60)70-64/h1-43H. The summed E-state index contributed by atoms with van der Waals surface area (Å²) in [4.78, 5) is 2.45. The average molecular weight is 922 g/mol. The largest absolute Gasteiger partial charge is 0.456 e. The lowest BCUT2D eigenvalue weighted by atomic mass is 9.92. The quantitative estimate of drug-likeness (QED) is 0.151. The molecule has 0 fully saturated rings. The van der Waals surface area contributed by atoms with Gasteiger partial charge in [-0.3, -0.25) is 0 Å². The lowest BCUT2D eigenvalue weighted by Crippen LogP contribution is -2.10. The van der Waals surface area contributed by atoms with Crippen molar-refractivity contribution in [2.45, 2.75) is 0 Å². The van der Waals surface area contributed by atoms with Crippen LogP contribution in [0.25, 0.3) is 119 Å². The fourth-order valence-corrected chi connectivity index (χ4v) is 12.2. The molecule has 0 aliphatic rings. The summed E-state index contributed by atoms with van der Waals surface area (Å²) in [7, 11) is 0. The molecular weight excluding hydrogens is 879 g/mol. The highest BCUT2D eigenvalue weighted by Gasteiger charge is 2.23. The van der Waals surface area contributed by atoms with Gasteiger partial charge in [0, 0.05) is 47.9 Å². The fourth-order valence-electron chi connectivity index (χ4n) is 11.0. The van der Waals surface area contributed by atoms with Gasteiger partial charge in [-0.25, -0.2) is 0 Å². The van der Waals surface area contributed by atoms with Crippen LogP contribution in [0.1, 0.15) is 0 Å². The molecule has 0 saturated carbocycles. The summed E-state index contributed by atoms with van der Waals surface area (Å²) in [6.45, 7) is 0. The first-order valence-corrected chi connectivity index (χ1v) is 25.0. The minimum Gasteiger partial charge on any atom is -0.456 e. The van der Waals surface area contributed by atoms with Gasteiger partial charge in [-0.15, -0.1) is 11.3 Å². The first kappa shape index (κ1) is 41.0. The summed E-state index contributed by atoms with van der Waals surface area (Å²) in [6, 6.07) is 94.9. The van der Waals surface area contributed by atoms with E-state index in [0.717, 1.165) is 50.1 Å². The third-order valence-corrected chi connectivity index (χ3v) is 15.5. The van der Waals surface area contributed by atoms with Gasteiger partial charge in [0.1, 0.15) is 11.2 Å². The Morgan fingerprint density at radius 2 is 0.761 bits per heavy atom. The number of furan rings is 1. The van der Waals surface area contributed by atoms with Gasteiger partial charge in [-0.2, -0.15) is 0 Å². The van der Waals surface area contributed by atoms with Gasteiger partial charge in [0.15, 0.2) is 0 Å². The summed E-state index contributed by atoms with van der Waals surface area (Å²) in [5, 5.41) is 9.78. The van der Waals surface area contributed by atoms with Gasteiger partial charge in [0.25, 0.3) is 0 Å². The van der Waals surface area contributed by atoms with Crippen LogP contribution in [0.15, 0.2) is 265 Å². The number of para-hydroxylation sites is 1. The lowest BCUT2D eigenvalue weighted by Gasteiger charge is -2.27. The second-order valence-corrected chi connectivity index (χ2v) is 19.4. The van der Waals surface area contributed by atoms with Crippen LogP contribution in [-0.2, 0) is 0 Å². The summed E-state index contributed by atoms with van der Waals surface area (Å²) in [5.41, 5.74) is 17.1. The molecule has 0 amide bonds. The van der Waals surface area contributed by atoms with Crippen molar-refractivity contribution in [2.24, 2.45) is 0 Å². The normalized spacial score (nSPS) is 11.7. The molecule has 0 unspecified atom stereocenters. The third-order valence-electron chi connectivity index (χ3n) is 14.3. The molecule has 14 aromatic rings. The number of thiophene rings is 1. The number of rotatable bonds is 8. The van der Waals surface area contributed by atoms with Crippen molar-refractivity contribution in [1.82, 2.24) is 0 Å². The van der Waals surface area contributed by atoms with Crippen LogP contribution < -0.4 is 4.90 Å². The molecule has 0 aliphatic heterocycles. The van der Waals surface area contributed by atoms with Crippen LogP contribution in [0.2, 0.25) is 0 Å². The molecule has 12 aromatic carbocycles. The number of hydrogen-bond acceptors (Lipinski definition) is 3. The summed E-state index contributed by atoms with van der Waals surface area (Å²) in [5.74, 6) is 0. The van der Waals surface area contributed by atoms with E-state index in [2.05, 4.69) is 260 Å². The second-order valence-electron chi connectivity index (χ2n) is 18.3. The third kappa shape index (κ3) is 6.93. The van der Waals surface area contributed by atoms with Crippen LogP contribution in [0, 0.1) is 0 Å². The number of fused-ring (bicyclic) bond motifs is 8. The van der Waals surface area contributed by atoms with E-state index in [0.29, 0.717) is 0 Å². The smallest absolute Gasteiger partial charge is 0.136 e. The molecule has 332 valence electrons. The Bertz CT molecular complexity index is 4320. The van der Waals surface area contributed by atoms with E-state index in [9.17, 15) is 0 Å². The van der Waals surface area contributed by atoms with Crippen LogP contribution in [-0.4, -0.2) is 0 Å². The van der Waals surface area contributed by atoms with Crippen LogP contribution in [0.4, 0.5) is 17.1 Å². The van der Waals surface area contributed by atoms with Gasteiger partial charge in [0.2, 0.25) is 0 Å². The van der Waals surface area contributed by atoms with Gasteiger partial charge >= 0.3 is 0 Å². The number of nitrogens with zero attached hydrogens (tertiary/aromatic N) is 1. The van der Waals surface area contributed by atoms with Gasteiger partial charge in [-0.05, 0) is 120 Å². The first-order chi connectivity index (χ1) is 35.2. The summed E-state index contributed by atoms with van der Waals surface area (Å²) in [6.07, 6.45) is 0. The molecule has 0 spiro atoms. The number of benzene rings is 12. The predicted octanol–water partition coefficient (Wildman–Crippen LogP) is 20.1. The Morgan fingerprint density at radius 1 is 0.282 bits per heavy atom. The van der Waals surface area contributed by atoms with Crippen LogP contribution >= 0.6 is 11.3 Å². The lowest BCUT2D eigenvalue weighted by molar-refractivity contribution is 0.669. The van der Waals surface area contributed by atoms with E-state index in [-0.39, 0.29) is 0 Å². The van der Waals surface area contributed by atoms with Gasteiger partial charge in [-0.1, -0.05) is 212 Å². The highest BCUT2D eigenvalue weighted by molar-refractivity contribution is 7.26. The highest BCUT2D eigenvalue weighted by Crippen LogP contribution is 2.50. The molecule has 2 heterocycles. The molecule has 0 aliphatic carbocycles. The first-order valence-electron chi connectivity index (χ1n) is 24.2. The SMILES string of the molecule is c1ccc(-c2cccc3oc4ccccc4c23)c(-c2ccc(N(c3ccc(-c4ccc(-c5cccc6ccccc56)cc4)cc3)c3ccc(-c4cccc5ccccc45)c4sc5ccccc5c34)cc2)c1. The molecule has 0 saturated heterocycles. The van der Waals surface area contributed by atoms with E-state index in [4.69, 9.17) is 4.42 Å². The van der Waals surface area contributed by atoms with Crippen LogP contribution in [0.5, 0.6) is 0 Å². The molecule has 0 bridgehead atoms. The van der Waals surface area contributed by atoms with E-state index >= 15 is 0 Å². The maximum absolute atomic E-state index is 6.35. The highest BCUT2D eigenvalue weighted by atomic mass is 32.1. The fraction of sp³-hybridized carbons (Fsp3) is 0. The van der Waals surface area contributed by atoms with Crippen molar-refractivity contribution in [3.8, 4) is 55.6 Å². The van der Waals surface area contributed by atoms with Crippen molar-refractivity contribution < 1.29 is 4.42 Å². The molecule has 0 N–H and O–H groups in total. The second kappa shape index (κ2) is 16.9. The van der Waals surface area contributed by atoms with Crippen molar-refractivity contribution in [3.05, 3.63) is 261 Å². The van der Waals surface area contributed by atoms with Gasteiger partial charge < -0.3 is 9.32 Å². The monoisotopic (exact) mass is 921 g/mol. The van der Waals surface area contributed by atoms with E-state index in [1.807, 2.05) is 17.4 Å².